The fraction of sp³-hybridized carbons (Fsp3) is 0.533. The molecule has 2 rings (SSSR count). The summed E-state index contributed by atoms with van der Waals surface area (Å²) < 4.78 is 4.94. The molecule has 1 fully saturated rings. The van der Waals surface area contributed by atoms with Gasteiger partial charge in [-0.2, -0.15) is 0 Å². The number of ether oxygens (including phenoxy) is 1. The fourth-order valence-corrected chi connectivity index (χ4v) is 2.38. The Morgan fingerprint density at radius 3 is 2.71 bits per heavy atom. The third-order valence-electron chi connectivity index (χ3n) is 3.53. The van der Waals surface area contributed by atoms with Gasteiger partial charge in [0.05, 0.1) is 6.61 Å². The average Bonchev–Trinajstić information content (AvgIpc) is 2.48. The molecule has 0 radical (unpaired) electrons. The Kier molecular flexibility index (Phi) is 5.14. The van der Waals surface area contributed by atoms with E-state index < -0.39 is 5.97 Å². The quantitative estimate of drug-likeness (QED) is 0.855. The lowest BCUT2D eigenvalue weighted by Gasteiger charge is -2.32. The van der Waals surface area contributed by atoms with Gasteiger partial charge in [0, 0.05) is 26.1 Å². The van der Waals surface area contributed by atoms with E-state index in [4.69, 9.17) is 4.74 Å². The number of piperidine rings is 1. The molecule has 21 heavy (non-hydrogen) atoms. The van der Waals surface area contributed by atoms with Crippen LogP contribution in [-0.2, 0) is 9.53 Å². The van der Waals surface area contributed by atoms with Crippen LogP contribution in [0.2, 0.25) is 0 Å². The van der Waals surface area contributed by atoms with Crippen molar-refractivity contribution in [3.8, 4) is 0 Å². The van der Waals surface area contributed by atoms with Crippen LogP contribution in [0, 0.1) is 0 Å². The molecule has 0 atom stereocenters. The average molecular weight is 291 g/mol. The van der Waals surface area contributed by atoms with Crippen molar-refractivity contribution in [2.24, 2.45) is 0 Å². The largest absolute Gasteiger partial charge is 0.461 e. The van der Waals surface area contributed by atoms with Crippen molar-refractivity contribution in [3.63, 3.8) is 0 Å². The lowest BCUT2D eigenvalue weighted by molar-refractivity contribution is -0.129. The number of rotatable bonds is 4. The van der Waals surface area contributed by atoms with E-state index in [-0.39, 0.29) is 11.9 Å². The summed E-state index contributed by atoms with van der Waals surface area (Å²) in [6.45, 7) is 5.21. The highest BCUT2D eigenvalue weighted by Crippen LogP contribution is 2.16. The first-order valence-electron chi connectivity index (χ1n) is 7.26. The van der Waals surface area contributed by atoms with E-state index in [9.17, 15) is 9.59 Å². The molecule has 1 saturated heterocycles. The third kappa shape index (κ3) is 4.18. The van der Waals surface area contributed by atoms with Crippen LogP contribution in [0.1, 0.15) is 37.2 Å². The van der Waals surface area contributed by atoms with Crippen molar-refractivity contribution in [2.45, 2.75) is 32.7 Å². The number of amides is 1. The number of carbonyl (C=O) groups excluding carboxylic acids is 2. The fourth-order valence-electron chi connectivity index (χ4n) is 2.38. The van der Waals surface area contributed by atoms with Crippen LogP contribution in [0.4, 0.5) is 5.82 Å². The van der Waals surface area contributed by atoms with E-state index in [0.717, 1.165) is 25.9 Å². The molecule has 1 aliphatic heterocycles. The summed E-state index contributed by atoms with van der Waals surface area (Å²) in [6, 6.07) is 5.53. The molecule has 1 aromatic heterocycles. The number of nitrogens with zero attached hydrogens (tertiary/aromatic N) is 2. The van der Waals surface area contributed by atoms with Gasteiger partial charge >= 0.3 is 5.97 Å². The molecular weight excluding hydrogens is 270 g/mol. The second-order valence-corrected chi connectivity index (χ2v) is 5.05. The van der Waals surface area contributed by atoms with Gasteiger partial charge in [-0.05, 0) is 31.9 Å². The number of aromatic nitrogens is 1. The monoisotopic (exact) mass is 291 g/mol. The van der Waals surface area contributed by atoms with Gasteiger partial charge in [-0.3, -0.25) is 4.79 Å². The number of likely N-dealkylation sites (tertiary alicyclic amines) is 1. The number of nitrogens with one attached hydrogen (secondary N) is 1. The molecule has 1 amide bonds. The standard InChI is InChI=1S/C15H21N3O3/c1-3-21-15(20)13-5-4-6-14(17-13)16-12-7-9-18(10-8-12)11(2)19/h4-6,12H,3,7-10H2,1-2H3,(H,16,17). The number of esters is 1. The van der Waals surface area contributed by atoms with Gasteiger partial charge < -0.3 is 15.0 Å². The van der Waals surface area contributed by atoms with Crippen molar-refractivity contribution in [1.82, 2.24) is 9.88 Å². The predicted octanol–water partition coefficient (Wildman–Crippen LogP) is 1.68. The topological polar surface area (TPSA) is 71.5 Å². The van der Waals surface area contributed by atoms with Gasteiger partial charge in [-0.15, -0.1) is 0 Å². The highest BCUT2D eigenvalue weighted by molar-refractivity contribution is 5.87. The van der Waals surface area contributed by atoms with E-state index in [1.807, 2.05) is 11.0 Å². The highest BCUT2D eigenvalue weighted by Gasteiger charge is 2.21. The minimum absolute atomic E-state index is 0.121. The summed E-state index contributed by atoms with van der Waals surface area (Å²) in [6.07, 6.45) is 1.76. The highest BCUT2D eigenvalue weighted by atomic mass is 16.5. The van der Waals surface area contributed by atoms with Crippen molar-refractivity contribution in [2.75, 3.05) is 25.0 Å². The van der Waals surface area contributed by atoms with E-state index >= 15 is 0 Å². The normalized spacial score (nSPS) is 15.6. The maximum Gasteiger partial charge on any atom is 0.356 e. The van der Waals surface area contributed by atoms with E-state index in [1.54, 1.807) is 26.0 Å². The Morgan fingerprint density at radius 1 is 1.38 bits per heavy atom. The second-order valence-electron chi connectivity index (χ2n) is 5.05. The molecule has 1 aliphatic rings. The molecule has 0 spiro atoms. The van der Waals surface area contributed by atoms with E-state index in [0.29, 0.717) is 18.1 Å². The van der Waals surface area contributed by atoms with Crippen molar-refractivity contribution >= 4 is 17.7 Å². The van der Waals surface area contributed by atoms with Gasteiger partial charge in [0.15, 0.2) is 5.69 Å². The zero-order valence-corrected chi connectivity index (χ0v) is 12.5. The molecule has 6 nitrogen and oxygen atoms in total. The van der Waals surface area contributed by atoms with Gasteiger partial charge in [0.2, 0.25) is 5.91 Å². The molecule has 1 N–H and O–H groups in total. The summed E-state index contributed by atoms with van der Waals surface area (Å²) in [5, 5.41) is 3.32. The predicted molar refractivity (Wildman–Crippen MR) is 79.1 cm³/mol. The molecule has 0 unspecified atom stereocenters. The first kappa shape index (κ1) is 15.3. The molecule has 0 bridgehead atoms. The smallest absolute Gasteiger partial charge is 0.356 e. The Bertz CT molecular complexity index is 511. The zero-order valence-electron chi connectivity index (χ0n) is 12.5. The summed E-state index contributed by atoms with van der Waals surface area (Å²) in [4.78, 5) is 29.1. The SMILES string of the molecule is CCOC(=O)c1cccc(NC2CCN(C(C)=O)CC2)n1. The molecule has 114 valence electrons. The van der Waals surface area contributed by atoms with Crippen molar-refractivity contribution < 1.29 is 14.3 Å². The first-order valence-corrected chi connectivity index (χ1v) is 7.26. The first-order chi connectivity index (χ1) is 10.1. The Hall–Kier alpha value is -2.11. The Balaban J connectivity index is 1.93. The number of hydrogen-bond acceptors (Lipinski definition) is 5. The Morgan fingerprint density at radius 2 is 2.10 bits per heavy atom. The van der Waals surface area contributed by atoms with Gasteiger partial charge in [-0.25, -0.2) is 9.78 Å². The summed E-state index contributed by atoms with van der Waals surface area (Å²) in [5.41, 5.74) is 0.308. The molecular formula is C15H21N3O3. The van der Waals surface area contributed by atoms with Gasteiger partial charge in [0.1, 0.15) is 5.82 Å². The summed E-state index contributed by atoms with van der Waals surface area (Å²) in [5.74, 6) is 0.380. The molecule has 0 saturated carbocycles. The number of anilines is 1. The van der Waals surface area contributed by atoms with Gasteiger partial charge in [-0.1, -0.05) is 6.07 Å². The second kappa shape index (κ2) is 7.06. The van der Waals surface area contributed by atoms with Crippen LogP contribution in [-0.4, -0.2) is 47.5 Å². The summed E-state index contributed by atoms with van der Waals surface area (Å²) >= 11 is 0. The molecule has 0 aliphatic carbocycles. The number of pyridine rings is 1. The maximum atomic E-state index is 11.7. The minimum atomic E-state index is -0.410. The van der Waals surface area contributed by atoms with Crippen LogP contribution in [0.25, 0.3) is 0 Å². The van der Waals surface area contributed by atoms with Crippen molar-refractivity contribution in [3.05, 3.63) is 23.9 Å². The maximum absolute atomic E-state index is 11.7. The minimum Gasteiger partial charge on any atom is -0.461 e. The van der Waals surface area contributed by atoms with Gasteiger partial charge in [0.25, 0.3) is 0 Å². The van der Waals surface area contributed by atoms with Crippen LogP contribution in [0.15, 0.2) is 18.2 Å². The lowest BCUT2D eigenvalue weighted by atomic mass is 10.1. The van der Waals surface area contributed by atoms with Crippen LogP contribution >= 0.6 is 0 Å². The molecule has 2 heterocycles. The third-order valence-corrected chi connectivity index (χ3v) is 3.53. The van der Waals surface area contributed by atoms with E-state index in [2.05, 4.69) is 10.3 Å². The van der Waals surface area contributed by atoms with Crippen LogP contribution in [0.3, 0.4) is 0 Å². The number of carbonyl (C=O) groups is 2. The summed E-state index contributed by atoms with van der Waals surface area (Å²) in [7, 11) is 0. The molecule has 0 aromatic carbocycles. The Labute approximate surface area is 124 Å². The number of hydrogen-bond donors (Lipinski definition) is 1. The van der Waals surface area contributed by atoms with Crippen LogP contribution < -0.4 is 5.32 Å². The van der Waals surface area contributed by atoms with Crippen LogP contribution in [0.5, 0.6) is 0 Å². The van der Waals surface area contributed by atoms with Crippen molar-refractivity contribution in [1.29, 1.82) is 0 Å². The van der Waals surface area contributed by atoms with E-state index in [1.165, 1.54) is 0 Å². The molecule has 6 heteroatoms. The molecule has 1 aromatic rings. The lowest BCUT2D eigenvalue weighted by Crippen LogP contribution is -2.41. The zero-order chi connectivity index (χ0) is 15.2.